The average Bonchev–Trinajstić information content (AvgIpc) is 2.23. The third kappa shape index (κ3) is 1.64. The molecule has 0 saturated carbocycles. The molecule has 16 heavy (non-hydrogen) atoms. The van der Waals surface area contributed by atoms with Gasteiger partial charge < -0.3 is 4.90 Å². The van der Waals surface area contributed by atoms with Gasteiger partial charge in [0.25, 0.3) is 0 Å². The number of fused-ring (bicyclic) bond motifs is 1. The van der Waals surface area contributed by atoms with E-state index in [4.69, 9.17) is 16.9 Å². The van der Waals surface area contributed by atoms with Gasteiger partial charge in [-0.15, -0.1) is 0 Å². The lowest BCUT2D eigenvalue weighted by atomic mass is 10.2. The Balaban J connectivity index is 2.69. The first-order valence-corrected chi connectivity index (χ1v) is 6.63. The van der Waals surface area contributed by atoms with Crippen molar-refractivity contribution in [1.82, 2.24) is 0 Å². The van der Waals surface area contributed by atoms with Crippen LogP contribution in [0.2, 0.25) is 5.02 Å². The van der Waals surface area contributed by atoms with Gasteiger partial charge in [0, 0.05) is 12.1 Å². The third-order valence-corrected chi connectivity index (χ3v) is 4.63. The van der Waals surface area contributed by atoms with Crippen molar-refractivity contribution in [3.63, 3.8) is 0 Å². The van der Waals surface area contributed by atoms with Crippen LogP contribution in [-0.4, -0.2) is 27.3 Å². The van der Waals surface area contributed by atoms with Gasteiger partial charge in [0.1, 0.15) is 6.04 Å². The molecule has 0 aromatic heterocycles. The van der Waals surface area contributed by atoms with Crippen LogP contribution in [0.3, 0.4) is 0 Å². The summed E-state index contributed by atoms with van der Waals surface area (Å²) in [4.78, 5) is 1.88. The van der Waals surface area contributed by atoms with Crippen LogP contribution in [0.4, 0.5) is 5.69 Å². The summed E-state index contributed by atoms with van der Waals surface area (Å²) in [5.41, 5.74) is 0.491. The van der Waals surface area contributed by atoms with E-state index in [1.165, 1.54) is 6.07 Å². The molecule has 0 fully saturated rings. The molecule has 1 atom stereocenters. The van der Waals surface area contributed by atoms with Crippen molar-refractivity contribution in [1.29, 1.82) is 5.26 Å². The normalized spacial score (nSPS) is 22.3. The maximum atomic E-state index is 11.9. The number of hydrogen-bond donors (Lipinski definition) is 0. The molecule has 2 rings (SSSR count). The fourth-order valence-electron chi connectivity index (χ4n) is 1.73. The molecule has 0 radical (unpaired) electrons. The van der Waals surface area contributed by atoms with E-state index in [0.717, 1.165) is 0 Å². The molecule has 0 amide bonds. The van der Waals surface area contributed by atoms with Crippen LogP contribution in [0.5, 0.6) is 0 Å². The predicted octanol–water partition coefficient (Wildman–Crippen LogP) is 1.46. The van der Waals surface area contributed by atoms with Crippen molar-refractivity contribution < 1.29 is 8.42 Å². The lowest BCUT2D eigenvalue weighted by molar-refractivity contribution is 0.586. The Morgan fingerprint density at radius 2 is 2.25 bits per heavy atom. The van der Waals surface area contributed by atoms with E-state index in [1.54, 1.807) is 24.1 Å². The molecule has 0 bridgehead atoms. The number of rotatable bonds is 0. The highest BCUT2D eigenvalue weighted by Gasteiger charge is 2.33. The molecule has 4 nitrogen and oxygen atoms in total. The lowest BCUT2D eigenvalue weighted by Crippen LogP contribution is -2.41. The molecular formula is C10H9ClN2O2S. The summed E-state index contributed by atoms with van der Waals surface area (Å²) in [5.74, 6) is -0.172. The standard InChI is InChI=1S/C10H9ClN2O2S/c1-13-8(5-12)6-16(14,15)10-3-2-7(11)4-9(10)13/h2-4,8H,6H2,1H3. The van der Waals surface area contributed by atoms with Gasteiger partial charge in [-0.05, 0) is 18.2 Å². The van der Waals surface area contributed by atoms with Gasteiger partial charge in [-0.25, -0.2) is 8.42 Å². The number of anilines is 1. The third-order valence-electron chi connectivity index (χ3n) is 2.63. The van der Waals surface area contributed by atoms with Crippen molar-refractivity contribution in [2.24, 2.45) is 0 Å². The first-order chi connectivity index (χ1) is 7.45. The number of nitriles is 1. The first kappa shape index (κ1) is 11.2. The Kier molecular flexibility index (Phi) is 2.56. The average molecular weight is 257 g/mol. The van der Waals surface area contributed by atoms with Gasteiger partial charge in [-0.1, -0.05) is 11.6 Å². The van der Waals surface area contributed by atoms with Crippen LogP contribution in [-0.2, 0) is 9.84 Å². The molecule has 0 spiro atoms. The van der Waals surface area contributed by atoms with Gasteiger partial charge >= 0.3 is 0 Å². The quantitative estimate of drug-likeness (QED) is 0.705. The summed E-state index contributed by atoms with van der Waals surface area (Å²) in [5, 5.41) is 9.36. The Hall–Kier alpha value is -1.25. The van der Waals surface area contributed by atoms with Crippen molar-refractivity contribution in [2.75, 3.05) is 17.7 Å². The fraction of sp³-hybridized carbons (Fsp3) is 0.300. The summed E-state index contributed by atoms with van der Waals surface area (Å²) in [6, 6.07) is 5.91. The predicted molar refractivity (Wildman–Crippen MR) is 61.3 cm³/mol. The largest absolute Gasteiger partial charge is 0.357 e. The Labute approximate surface area is 99.0 Å². The van der Waals surface area contributed by atoms with E-state index >= 15 is 0 Å². The van der Waals surface area contributed by atoms with Gasteiger partial charge in [0.15, 0.2) is 9.84 Å². The van der Waals surface area contributed by atoms with E-state index in [-0.39, 0.29) is 10.6 Å². The number of halogens is 1. The van der Waals surface area contributed by atoms with Crippen LogP contribution in [0.25, 0.3) is 0 Å². The first-order valence-electron chi connectivity index (χ1n) is 4.60. The second kappa shape index (κ2) is 3.65. The Bertz CT molecular complexity index is 577. The second-order valence-corrected chi connectivity index (χ2v) is 6.09. The van der Waals surface area contributed by atoms with E-state index in [0.29, 0.717) is 10.7 Å². The molecular weight excluding hydrogens is 248 g/mol. The summed E-state index contributed by atoms with van der Waals surface area (Å²) in [6.07, 6.45) is 0. The monoisotopic (exact) mass is 256 g/mol. The zero-order valence-electron chi connectivity index (χ0n) is 8.51. The zero-order valence-corrected chi connectivity index (χ0v) is 10.1. The lowest BCUT2D eigenvalue weighted by Gasteiger charge is -2.31. The molecule has 84 valence electrons. The van der Waals surface area contributed by atoms with Crippen LogP contribution >= 0.6 is 11.6 Å². The SMILES string of the molecule is CN1c2cc(Cl)ccc2S(=O)(=O)CC1C#N. The molecule has 0 aliphatic carbocycles. The highest BCUT2D eigenvalue weighted by molar-refractivity contribution is 7.91. The highest BCUT2D eigenvalue weighted by atomic mass is 35.5. The van der Waals surface area contributed by atoms with Crippen LogP contribution in [0.1, 0.15) is 0 Å². The molecule has 1 aromatic rings. The van der Waals surface area contributed by atoms with E-state index in [2.05, 4.69) is 0 Å². The zero-order chi connectivity index (χ0) is 11.9. The molecule has 1 aliphatic heterocycles. The molecule has 0 saturated heterocycles. The summed E-state index contributed by atoms with van der Waals surface area (Å²) in [7, 11) is -1.68. The second-order valence-electron chi connectivity index (χ2n) is 3.65. The molecule has 1 heterocycles. The Morgan fingerprint density at radius 1 is 1.56 bits per heavy atom. The molecule has 0 N–H and O–H groups in total. The van der Waals surface area contributed by atoms with Crippen LogP contribution < -0.4 is 4.90 Å². The maximum Gasteiger partial charge on any atom is 0.183 e. The van der Waals surface area contributed by atoms with E-state index in [9.17, 15) is 8.42 Å². The van der Waals surface area contributed by atoms with Crippen molar-refractivity contribution in [3.05, 3.63) is 23.2 Å². The summed E-state index contributed by atoms with van der Waals surface area (Å²) >= 11 is 5.82. The summed E-state index contributed by atoms with van der Waals surface area (Å²) < 4.78 is 23.8. The van der Waals surface area contributed by atoms with E-state index in [1.807, 2.05) is 6.07 Å². The van der Waals surface area contributed by atoms with Crippen molar-refractivity contribution >= 4 is 27.1 Å². The van der Waals surface area contributed by atoms with Crippen LogP contribution in [0, 0.1) is 11.3 Å². The number of nitrogens with zero attached hydrogens (tertiary/aromatic N) is 2. The van der Waals surface area contributed by atoms with Gasteiger partial charge in [0.05, 0.1) is 22.4 Å². The number of sulfone groups is 1. The molecule has 6 heteroatoms. The van der Waals surface area contributed by atoms with Gasteiger partial charge in [-0.2, -0.15) is 5.26 Å². The smallest absolute Gasteiger partial charge is 0.183 e. The molecule has 1 aliphatic rings. The van der Waals surface area contributed by atoms with Crippen LogP contribution in [0.15, 0.2) is 23.1 Å². The highest BCUT2D eigenvalue weighted by Crippen LogP contribution is 2.34. The minimum atomic E-state index is -3.38. The number of hydrogen-bond acceptors (Lipinski definition) is 4. The molecule has 1 aromatic carbocycles. The van der Waals surface area contributed by atoms with Gasteiger partial charge in [-0.3, -0.25) is 0 Å². The van der Waals surface area contributed by atoms with E-state index < -0.39 is 15.9 Å². The molecule has 1 unspecified atom stereocenters. The fourth-order valence-corrected chi connectivity index (χ4v) is 3.59. The summed E-state index contributed by atoms with van der Waals surface area (Å²) in [6.45, 7) is 0. The topological polar surface area (TPSA) is 61.2 Å². The maximum absolute atomic E-state index is 11.9. The van der Waals surface area contributed by atoms with Crippen molar-refractivity contribution in [2.45, 2.75) is 10.9 Å². The Morgan fingerprint density at radius 3 is 2.88 bits per heavy atom. The minimum Gasteiger partial charge on any atom is -0.357 e. The van der Waals surface area contributed by atoms with Gasteiger partial charge in [0.2, 0.25) is 0 Å². The minimum absolute atomic E-state index is 0.172. The number of benzene rings is 1. The van der Waals surface area contributed by atoms with Crippen molar-refractivity contribution in [3.8, 4) is 6.07 Å².